The van der Waals surface area contributed by atoms with Gasteiger partial charge >= 0.3 is 0 Å². The number of likely N-dealkylation sites (tertiary alicyclic amines) is 1. The largest absolute Gasteiger partial charge is 0.395 e. The summed E-state index contributed by atoms with van der Waals surface area (Å²) in [5.74, 6) is 6.71. The summed E-state index contributed by atoms with van der Waals surface area (Å²) in [5, 5.41) is 9.63. The molecular formula is C20H21NO. The summed E-state index contributed by atoms with van der Waals surface area (Å²) in [6.07, 6.45) is 2.18. The maximum Gasteiger partial charge on any atom is 0.0977 e. The average molecular weight is 291 g/mol. The Balaban J connectivity index is 1.92. The lowest BCUT2D eigenvalue weighted by Crippen LogP contribution is -2.35. The third-order valence-electron chi connectivity index (χ3n) is 4.21. The van der Waals surface area contributed by atoms with Crippen LogP contribution in [-0.4, -0.2) is 29.2 Å². The lowest BCUT2D eigenvalue weighted by Gasteiger charge is -2.29. The SMILES string of the molecule is OC[C@@H]1CCCN1C(C#Cc1ccccc1)c1ccccc1. The predicted octanol–water partition coefficient (Wildman–Crippen LogP) is 3.24. The van der Waals surface area contributed by atoms with Crippen molar-refractivity contribution in [1.82, 2.24) is 4.90 Å². The quantitative estimate of drug-likeness (QED) is 0.878. The van der Waals surface area contributed by atoms with Gasteiger partial charge in [0.25, 0.3) is 0 Å². The molecule has 0 bridgehead atoms. The first-order valence-electron chi connectivity index (χ1n) is 7.86. The van der Waals surface area contributed by atoms with Gasteiger partial charge in [0.15, 0.2) is 0 Å². The van der Waals surface area contributed by atoms with E-state index in [2.05, 4.69) is 41.0 Å². The van der Waals surface area contributed by atoms with Crippen molar-refractivity contribution in [3.05, 3.63) is 71.8 Å². The van der Waals surface area contributed by atoms with Crippen molar-refractivity contribution in [3.8, 4) is 11.8 Å². The Kier molecular flexibility index (Phi) is 4.90. The smallest absolute Gasteiger partial charge is 0.0977 e. The molecule has 2 aromatic rings. The van der Waals surface area contributed by atoms with E-state index in [0.29, 0.717) is 0 Å². The van der Waals surface area contributed by atoms with Crippen LogP contribution in [0.15, 0.2) is 60.7 Å². The van der Waals surface area contributed by atoms with E-state index in [9.17, 15) is 5.11 Å². The van der Waals surface area contributed by atoms with Crippen LogP contribution in [0.1, 0.15) is 30.0 Å². The van der Waals surface area contributed by atoms with Crippen LogP contribution in [0.5, 0.6) is 0 Å². The first-order chi connectivity index (χ1) is 10.9. The molecule has 1 unspecified atom stereocenters. The first kappa shape index (κ1) is 14.8. The standard InChI is InChI=1S/C20H21NO/c22-16-19-12-7-15-21(19)20(18-10-5-2-6-11-18)14-13-17-8-3-1-4-9-17/h1-6,8-11,19-20,22H,7,12,15-16H2/t19-,20?/m0/s1. The van der Waals surface area contributed by atoms with Crippen molar-refractivity contribution in [1.29, 1.82) is 0 Å². The highest BCUT2D eigenvalue weighted by Crippen LogP contribution is 2.28. The van der Waals surface area contributed by atoms with Crippen molar-refractivity contribution in [2.75, 3.05) is 13.2 Å². The molecule has 2 nitrogen and oxygen atoms in total. The highest BCUT2D eigenvalue weighted by atomic mass is 16.3. The Hall–Kier alpha value is -2.08. The highest BCUT2D eigenvalue weighted by Gasteiger charge is 2.30. The zero-order valence-electron chi connectivity index (χ0n) is 12.7. The van der Waals surface area contributed by atoms with Crippen LogP contribution >= 0.6 is 0 Å². The molecule has 2 heteroatoms. The van der Waals surface area contributed by atoms with Gasteiger partial charge in [-0.1, -0.05) is 60.4 Å². The normalized spacial score (nSPS) is 19.4. The Morgan fingerprint density at radius 3 is 2.41 bits per heavy atom. The fourth-order valence-electron chi connectivity index (χ4n) is 3.06. The third-order valence-corrected chi connectivity index (χ3v) is 4.21. The van der Waals surface area contributed by atoms with Crippen LogP contribution in [0.4, 0.5) is 0 Å². The van der Waals surface area contributed by atoms with E-state index in [1.807, 2.05) is 36.4 Å². The summed E-state index contributed by atoms with van der Waals surface area (Å²) in [6, 6.07) is 20.7. The van der Waals surface area contributed by atoms with Gasteiger partial charge in [-0.05, 0) is 30.5 Å². The molecule has 0 amide bonds. The van der Waals surface area contributed by atoms with Gasteiger partial charge in [-0.2, -0.15) is 0 Å². The number of rotatable bonds is 3. The van der Waals surface area contributed by atoms with Crippen molar-refractivity contribution in [2.24, 2.45) is 0 Å². The van der Waals surface area contributed by atoms with E-state index >= 15 is 0 Å². The van der Waals surface area contributed by atoms with Crippen molar-refractivity contribution in [2.45, 2.75) is 24.9 Å². The maximum atomic E-state index is 9.63. The fourth-order valence-corrected chi connectivity index (χ4v) is 3.06. The van der Waals surface area contributed by atoms with Crippen molar-refractivity contribution < 1.29 is 5.11 Å². The first-order valence-corrected chi connectivity index (χ1v) is 7.86. The van der Waals surface area contributed by atoms with Crippen molar-refractivity contribution in [3.63, 3.8) is 0 Å². The second-order valence-corrected chi connectivity index (χ2v) is 5.67. The molecule has 0 saturated carbocycles. The third kappa shape index (κ3) is 3.39. The predicted molar refractivity (Wildman–Crippen MR) is 89.3 cm³/mol. The summed E-state index contributed by atoms with van der Waals surface area (Å²) >= 11 is 0. The molecule has 0 spiro atoms. The Labute approximate surface area is 132 Å². The van der Waals surface area contributed by atoms with Gasteiger partial charge in [-0.3, -0.25) is 4.90 Å². The average Bonchev–Trinajstić information content (AvgIpc) is 3.05. The molecule has 1 fully saturated rings. The Morgan fingerprint density at radius 1 is 1.05 bits per heavy atom. The van der Waals surface area contributed by atoms with Crippen LogP contribution in [-0.2, 0) is 0 Å². The molecular weight excluding hydrogens is 270 g/mol. The molecule has 1 N–H and O–H groups in total. The number of hydrogen-bond acceptors (Lipinski definition) is 2. The molecule has 1 heterocycles. The summed E-state index contributed by atoms with van der Waals surface area (Å²) in [4.78, 5) is 2.34. The second-order valence-electron chi connectivity index (χ2n) is 5.67. The monoisotopic (exact) mass is 291 g/mol. The molecule has 0 aliphatic carbocycles. The zero-order chi connectivity index (χ0) is 15.2. The molecule has 0 radical (unpaired) electrons. The van der Waals surface area contributed by atoms with E-state index in [0.717, 1.165) is 24.9 Å². The Bertz CT molecular complexity index is 642. The van der Waals surface area contributed by atoms with Crippen LogP contribution in [0, 0.1) is 11.8 Å². The van der Waals surface area contributed by atoms with Gasteiger partial charge < -0.3 is 5.11 Å². The highest BCUT2D eigenvalue weighted by molar-refractivity contribution is 5.37. The molecule has 2 atom stereocenters. The van der Waals surface area contributed by atoms with E-state index < -0.39 is 0 Å². The van der Waals surface area contributed by atoms with Gasteiger partial charge in [-0.25, -0.2) is 0 Å². The van der Waals surface area contributed by atoms with Crippen molar-refractivity contribution >= 4 is 0 Å². The van der Waals surface area contributed by atoms with Crippen LogP contribution in [0.3, 0.4) is 0 Å². The molecule has 22 heavy (non-hydrogen) atoms. The van der Waals surface area contributed by atoms with Gasteiger partial charge in [-0.15, -0.1) is 0 Å². The maximum absolute atomic E-state index is 9.63. The molecule has 1 saturated heterocycles. The van der Waals surface area contributed by atoms with Gasteiger partial charge in [0, 0.05) is 18.2 Å². The van der Waals surface area contributed by atoms with E-state index in [4.69, 9.17) is 0 Å². The minimum Gasteiger partial charge on any atom is -0.395 e. The molecule has 112 valence electrons. The number of aliphatic hydroxyl groups is 1. The summed E-state index contributed by atoms with van der Waals surface area (Å²) in [7, 11) is 0. The van der Waals surface area contributed by atoms with Crippen LogP contribution < -0.4 is 0 Å². The van der Waals surface area contributed by atoms with E-state index in [-0.39, 0.29) is 18.7 Å². The fraction of sp³-hybridized carbons (Fsp3) is 0.300. The van der Waals surface area contributed by atoms with Gasteiger partial charge in [0.2, 0.25) is 0 Å². The topological polar surface area (TPSA) is 23.5 Å². The summed E-state index contributed by atoms with van der Waals surface area (Å²) in [6.45, 7) is 1.20. The van der Waals surface area contributed by atoms with E-state index in [1.165, 1.54) is 5.56 Å². The molecule has 0 aromatic heterocycles. The minimum absolute atomic E-state index is 0.0426. The lowest BCUT2D eigenvalue weighted by atomic mass is 10.0. The van der Waals surface area contributed by atoms with Gasteiger partial charge in [0.1, 0.15) is 0 Å². The molecule has 1 aliphatic heterocycles. The summed E-state index contributed by atoms with van der Waals surface area (Å²) < 4.78 is 0. The van der Waals surface area contributed by atoms with Crippen LogP contribution in [0.2, 0.25) is 0 Å². The summed E-state index contributed by atoms with van der Waals surface area (Å²) in [5.41, 5.74) is 2.23. The Morgan fingerprint density at radius 2 is 1.73 bits per heavy atom. The second kappa shape index (κ2) is 7.26. The lowest BCUT2D eigenvalue weighted by molar-refractivity contribution is 0.140. The zero-order valence-corrected chi connectivity index (χ0v) is 12.7. The number of nitrogens with zero attached hydrogens (tertiary/aromatic N) is 1. The molecule has 2 aromatic carbocycles. The number of benzene rings is 2. The molecule has 1 aliphatic rings. The van der Waals surface area contributed by atoms with Gasteiger partial charge in [0.05, 0.1) is 12.6 Å². The van der Waals surface area contributed by atoms with Crippen LogP contribution in [0.25, 0.3) is 0 Å². The van der Waals surface area contributed by atoms with E-state index in [1.54, 1.807) is 0 Å². The minimum atomic E-state index is 0.0426. The number of hydrogen-bond donors (Lipinski definition) is 1. The number of aliphatic hydroxyl groups excluding tert-OH is 1. The molecule has 3 rings (SSSR count).